The van der Waals surface area contributed by atoms with Gasteiger partial charge in [-0.3, -0.25) is 14.9 Å². The average molecular weight is 352 g/mol. The molecule has 1 aromatic carbocycles. The molecule has 132 valence electrons. The molecule has 0 radical (unpaired) electrons. The van der Waals surface area contributed by atoms with Gasteiger partial charge in [-0.25, -0.2) is 0 Å². The Morgan fingerprint density at radius 1 is 1.25 bits per heavy atom. The number of rotatable bonds is 8. The van der Waals surface area contributed by atoms with Crippen molar-refractivity contribution in [3.8, 4) is 0 Å². The van der Waals surface area contributed by atoms with Crippen LogP contribution in [0.25, 0.3) is 0 Å². The molecule has 1 aliphatic rings. The van der Waals surface area contributed by atoms with Crippen LogP contribution in [0.15, 0.2) is 29.2 Å². The first-order valence-electron chi connectivity index (χ1n) is 8.39. The molecule has 0 bridgehead atoms. The second kappa shape index (κ2) is 9.64. The topological polar surface area (TPSA) is 83.7 Å². The van der Waals surface area contributed by atoms with E-state index < -0.39 is 11.0 Å². The molecule has 24 heavy (non-hydrogen) atoms. The minimum absolute atomic E-state index is 0.0659. The van der Waals surface area contributed by atoms with E-state index in [2.05, 4.69) is 0 Å². The van der Waals surface area contributed by atoms with Gasteiger partial charge in [-0.05, 0) is 44.2 Å². The van der Waals surface area contributed by atoms with E-state index in [1.54, 1.807) is 12.1 Å². The van der Waals surface area contributed by atoms with E-state index in [1.165, 1.54) is 30.3 Å². The zero-order valence-electron chi connectivity index (χ0n) is 13.7. The number of carbonyl (C=O) groups is 1. The lowest BCUT2D eigenvalue weighted by molar-refractivity contribution is -0.384. The Morgan fingerprint density at radius 2 is 1.92 bits per heavy atom. The first-order valence-corrected chi connectivity index (χ1v) is 9.38. The van der Waals surface area contributed by atoms with Crippen LogP contribution in [-0.2, 0) is 4.79 Å². The van der Waals surface area contributed by atoms with Crippen molar-refractivity contribution in [1.82, 2.24) is 4.90 Å². The zero-order valence-corrected chi connectivity index (χ0v) is 14.5. The molecular formula is C17H24N2O4S. The highest BCUT2D eigenvalue weighted by Gasteiger charge is 2.16. The van der Waals surface area contributed by atoms with Gasteiger partial charge in [0, 0.05) is 42.3 Å². The molecule has 1 atom stereocenters. The molecule has 1 aromatic rings. The highest BCUT2D eigenvalue weighted by atomic mass is 32.2. The number of nitrogens with zero attached hydrogens (tertiary/aromatic N) is 2. The lowest BCUT2D eigenvalue weighted by Crippen LogP contribution is -2.35. The summed E-state index contributed by atoms with van der Waals surface area (Å²) in [5, 5.41) is 20.6. The number of amides is 1. The van der Waals surface area contributed by atoms with Gasteiger partial charge in [-0.15, -0.1) is 11.8 Å². The summed E-state index contributed by atoms with van der Waals surface area (Å²) in [6.07, 6.45) is 4.72. The molecule has 1 fully saturated rings. The predicted molar refractivity (Wildman–Crippen MR) is 94.1 cm³/mol. The van der Waals surface area contributed by atoms with Gasteiger partial charge in [0.15, 0.2) is 0 Å². The summed E-state index contributed by atoms with van der Waals surface area (Å²) < 4.78 is 0. The summed E-state index contributed by atoms with van der Waals surface area (Å²) in [4.78, 5) is 25.0. The van der Waals surface area contributed by atoms with Crippen molar-refractivity contribution in [1.29, 1.82) is 0 Å². The van der Waals surface area contributed by atoms with Crippen molar-refractivity contribution in [2.75, 3.05) is 18.8 Å². The van der Waals surface area contributed by atoms with Gasteiger partial charge in [-0.2, -0.15) is 0 Å². The van der Waals surface area contributed by atoms with E-state index in [-0.39, 0.29) is 11.6 Å². The Labute approximate surface area is 146 Å². The lowest BCUT2D eigenvalue weighted by atomic mass is 10.1. The molecule has 0 aromatic heterocycles. The second-order valence-corrected chi connectivity index (χ2v) is 7.14. The zero-order chi connectivity index (χ0) is 17.4. The molecule has 1 aliphatic heterocycles. The molecule has 1 unspecified atom stereocenters. The van der Waals surface area contributed by atoms with Gasteiger partial charge < -0.3 is 10.0 Å². The number of non-ortho nitro benzene ring substituents is 1. The van der Waals surface area contributed by atoms with E-state index in [9.17, 15) is 20.0 Å². The number of likely N-dealkylation sites (tertiary alicyclic amines) is 1. The number of aliphatic hydroxyl groups is 1. The molecule has 7 heteroatoms. The summed E-state index contributed by atoms with van der Waals surface area (Å²) in [6.45, 7) is 1.74. The van der Waals surface area contributed by atoms with Crippen LogP contribution >= 0.6 is 11.8 Å². The van der Waals surface area contributed by atoms with Gasteiger partial charge in [0.25, 0.3) is 5.69 Å². The summed E-state index contributed by atoms with van der Waals surface area (Å²) in [5.74, 6) is 0.723. The van der Waals surface area contributed by atoms with Crippen LogP contribution in [0, 0.1) is 10.1 Å². The summed E-state index contributed by atoms with van der Waals surface area (Å²) in [7, 11) is 0. The molecule has 1 saturated heterocycles. The number of hydrogen-bond donors (Lipinski definition) is 1. The maximum absolute atomic E-state index is 12.0. The van der Waals surface area contributed by atoms with E-state index in [0.717, 1.165) is 30.8 Å². The number of carbonyl (C=O) groups excluding carboxylic acids is 1. The van der Waals surface area contributed by atoms with Crippen LogP contribution in [0.1, 0.15) is 38.5 Å². The van der Waals surface area contributed by atoms with Crippen LogP contribution in [0.3, 0.4) is 0 Å². The number of thioether (sulfide) groups is 1. The summed E-state index contributed by atoms with van der Waals surface area (Å²) in [6, 6.07) is 6.31. The van der Waals surface area contributed by atoms with Crippen molar-refractivity contribution in [3.05, 3.63) is 34.4 Å². The minimum Gasteiger partial charge on any atom is -0.392 e. The van der Waals surface area contributed by atoms with Gasteiger partial charge in [-0.1, -0.05) is 0 Å². The van der Waals surface area contributed by atoms with E-state index >= 15 is 0 Å². The molecule has 1 amide bonds. The Hall–Kier alpha value is -1.60. The van der Waals surface area contributed by atoms with Gasteiger partial charge >= 0.3 is 0 Å². The SMILES string of the molecule is O=C(CCCC(O)CSc1ccc([N+](=O)[O-])cc1)N1CCCCC1. The summed E-state index contributed by atoms with van der Waals surface area (Å²) in [5.41, 5.74) is 0.0659. The fourth-order valence-corrected chi connectivity index (χ4v) is 3.61. The molecule has 1 heterocycles. The van der Waals surface area contributed by atoms with Crippen LogP contribution in [-0.4, -0.2) is 45.8 Å². The van der Waals surface area contributed by atoms with Crippen molar-refractivity contribution >= 4 is 23.4 Å². The molecule has 2 rings (SSSR count). The number of hydrogen-bond acceptors (Lipinski definition) is 5. The number of aliphatic hydroxyl groups excluding tert-OH is 1. The van der Waals surface area contributed by atoms with Crippen molar-refractivity contribution in [3.63, 3.8) is 0 Å². The van der Waals surface area contributed by atoms with Crippen LogP contribution < -0.4 is 0 Å². The molecule has 0 saturated carbocycles. The average Bonchev–Trinajstić information content (AvgIpc) is 2.61. The van der Waals surface area contributed by atoms with E-state index in [1.807, 2.05) is 4.90 Å². The first kappa shape index (κ1) is 18.7. The Balaban J connectivity index is 1.63. The van der Waals surface area contributed by atoms with E-state index in [4.69, 9.17) is 0 Å². The molecular weight excluding hydrogens is 328 g/mol. The first-order chi connectivity index (χ1) is 11.6. The number of piperidine rings is 1. The fraction of sp³-hybridized carbons (Fsp3) is 0.588. The Kier molecular flexibility index (Phi) is 7.52. The van der Waals surface area contributed by atoms with Crippen LogP contribution in [0.5, 0.6) is 0 Å². The molecule has 1 N–H and O–H groups in total. The van der Waals surface area contributed by atoms with Crippen molar-refractivity contribution in [2.45, 2.75) is 49.5 Å². The number of benzene rings is 1. The predicted octanol–water partition coefficient (Wildman–Crippen LogP) is 3.23. The normalized spacial score (nSPS) is 16.0. The maximum Gasteiger partial charge on any atom is 0.269 e. The quantitative estimate of drug-likeness (QED) is 0.441. The highest BCUT2D eigenvalue weighted by Crippen LogP contribution is 2.23. The molecule has 0 spiro atoms. The van der Waals surface area contributed by atoms with Gasteiger partial charge in [0.1, 0.15) is 0 Å². The third kappa shape index (κ3) is 6.13. The fourth-order valence-electron chi connectivity index (χ4n) is 2.73. The van der Waals surface area contributed by atoms with Crippen LogP contribution in [0.2, 0.25) is 0 Å². The molecule has 0 aliphatic carbocycles. The third-order valence-electron chi connectivity index (χ3n) is 4.13. The summed E-state index contributed by atoms with van der Waals surface area (Å²) >= 11 is 1.47. The maximum atomic E-state index is 12.0. The van der Waals surface area contributed by atoms with Crippen molar-refractivity contribution in [2.24, 2.45) is 0 Å². The van der Waals surface area contributed by atoms with Crippen molar-refractivity contribution < 1.29 is 14.8 Å². The second-order valence-electron chi connectivity index (χ2n) is 6.05. The highest BCUT2D eigenvalue weighted by molar-refractivity contribution is 7.99. The van der Waals surface area contributed by atoms with Gasteiger partial charge in [0.2, 0.25) is 5.91 Å². The Morgan fingerprint density at radius 3 is 2.54 bits per heavy atom. The Bertz CT molecular complexity index is 544. The lowest BCUT2D eigenvalue weighted by Gasteiger charge is -2.26. The smallest absolute Gasteiger partial charge is 0.269 e. The standard InChI is InChI=1S/C17H24N2O4S/c20-15(5-4-6-17(21)18-11-2-1-3-12-18)13-24-16-9-7-14(8-10-16)19(22)23/h7-10,15,20H,1-6,11-13H2. The molecule has 6 nitrogen and oxygen atoms in total. The van der Waals surface area contributed by atoms with Crippen LogP contribution in [0.4, 0.5) is 5.69 Å². The largest absolute Gasteiger partial charge is 0.392 e. The number of nitro groups is 1. The van der Waals surface area contributed by atoms with E-state index in [0.29, 0.717) is 25.0 Å². The monoisotopic (exact) mass is 352 g/mol. The third-order valence-corrected chi connectivity index (χ3v) is 5.28. The van der Waals surface area contributed by atoms with Gasteiger partial charge in [0.05, 0.1) is 11.0 Å². The minimum atomic E-state index is -0.473. The number of nitro benzene ring substituents is 1.